The second-order valence-corrected chi connectivity index (χ2v) is 7.29. The van der Waals surface area contributed by atoms with Gasteiger partial charge in [0.25, 0.3) is 0 Å². The zero-order chi connectivity index (χ0) is 16.1. The molecule has 3 fully saturated rings. The van der Waals surface area contributed by atoms with Crippen molar-refractivity contribution in [3.8, 4) is 6.07 Å². The molecule has 1 unspecified atom stereocenters. The van der Waals surface area contributed by atoms with Crippen molar-refractivity contribution < 1.29 is 9.53 Å². The van der Waals surface area contributed by atoms with Crippen molar-refractivity contribution in [1.82, 2.24) is 15.1 Å². The van der Waals surface area contributed by atoms with Gasteiger partial charge in [0.05, 0.1) is 18.3 Å². The topological polar surface area (TPSA) is 79.9 Å². The number of aromatic nitrogens is 2. The molecule has 1 spiro atoms. The zero-order valence-corrected chi connectivity index (χ0v) is 13.4. The number of carbonyl (C=O) groups excluding carboxylic acids is 1. The second-order valence-electron chi connectivity index (χ2n) is 7.29. The van der Waals surface area contributed by atoms with E-state index in [1.54, 1.807) is 10.9 Å². The van der Waals surface area contributed by atoms with E-state index in [0.717, 1.165) is 44.1 Å². The molecule has 3 atom stereocenters. The van der Waals surface area contributed by atoms with Gasteiger partial charge < -0.3 is 10.1 Å². The third-order valence-corrected chi connectivity index (χ3v) is 5.98. The molecule has 6 heteroatoms. The third kappa shape index (κ3) is 2.10. The van der Waals surface area contributed by atoms with Gasteiger partial charge in [-0.1, -0.05) is 12.8 Å². The normalized spacial score (nSPS) is 34.4. The molecule has 1 aliphatic heterocycles. The maximum Gasteiger partial charge on any atom is 0.241 e. The Balaban J connectivity index is 1.49. The second kappa shape index (κ2) is 5.07. The summed E-state index contributed by atoms with van der Waals surface area (Å²) in [7, 11) is 1.87. The first-order valence-corrected chi connectivity index (χ1v) is 8.43. The molecule has 0 aromatic carbocycles. The molecule has 1 aromatic rings. The highest BCUT2D eigenvalue weighted by molar-refractivity contribution is 5.90. The highest BCUT2D eigenvalue weighted by Crippen LogP contribution is 2.71. The van der Waals surface area contributed by atoms with Crippen molar-refractivity contribution >= 4 is 5.91 Å². The molecule has 122 valence electrons. The van der Waals surface area contributed by atoms with Crippen LogP contribution in [-0.2, 0) is 16.6 Å². The van der Waals surface area contributed by atoms with Crippen LogP contribution in [0.1, 0.15) is 50.2 Å². The number of amides is 1. The highest BCUT2D eigenvalue weighted by atomic mass is 16.5. The van der Waals surface area contributed by atoms with Gasteiger partial charge in [-0.15, -0.1) is 0 Å². The summed E-state index contributed by atoms with van der Waals surface area (Å²) in [6, 6.07) is 2.28. The van der Waals surface area contributed by atoms with E-state index in [-0.39, 0.29) is 23.5 Å². The van der Waals surface area contributed by atoms with Crippen molar-refractivity contribution in [3.63, 3.8) is 0 Å². The van der Waals surface area contributed by atoms with E-state index < -0.39 is 5.41 Å². The van der Waals surface area contributed by atoms with Gasteiger partial charge in [-0.25, -0.2) is 0 Å². The van der Waals surface area contributed by atoms with Gasteiger partial charge >= 0.3 is 0 Å². The zero-order valence-electron chi connectivity index (χ0n) is 13.4. The van der Waals surface area contributed by atoms with Crippen LogP contribution in [0.25, 0.3) is 0 Å². The Hall–Kier alpha value is -1.87. The summed E-state index contributed by atoms with van der Waals surface area (Å²) in [6.07, 6.45) is 9.36. The average Bonchev–Trinajstić information content (AvgIpc) is 3.00. The van der Waals surface area contributed by atoms with Gasteiger partial charge in [-0.3, -0.25) is 9.48 Å². The van der Waals surface area contributed by atoms with Crippen LogP contribution in [0.3, 0.4) is 0 Å². The van der Waals surface area contributed by atoms with Crippen LogP contribution in [0.5, 0.6) is 0 Å². The Morgan fingerprint density at radius 2 is 2.30 bits per heavy atom. The summed E-state index contributed by atoms with van der Waals surface area (Å²) in [5.74, 6) is -0.0914. The summed E-state index contributed by atoms with van der Waals surface area (Å²) >= 11 is 0. The fourth-order valence-electron chi connectivity index (χ4n) is 4.59. The van der Waals surface area contributed by atoms with Gasteiger partial charge in [-0.2, -0.15) is 10.4 Å². The molecule has 4 rings (SSSR count). The molecule has 0 radical (unpaired) electrons. The Kier molecular flexibility index (Phi) is 3.24. The van der Waals surface area contributed by atoms with E-state index in [1.807, 2.05) is 13.2 Å². The highest BCUT2D eigenvalue weighted by Gasteiger charge is 2.73. The Bertz CT molecular complexity index is 670. The molecule has 6 nitrogen and oxygen atoms in total. The minimum absolute atomic E-state index is 0.0465. The van der Waals surface area contributed by atoms with Crippen LogP contribution >= 0.6 is 0 Å². The lowest BCUT2D eigenvalue weighted by Crippen LogP contribution is -2.42. The van der Waals surface area contributed by atoms with E-state index >= 15 is 0 Å². The molecule has 3 aliphatic rings. The molecular weight excluding hydrogens is 292 g/mol. The average molecular weight is 314 g/mol. The number of rotatable bonds is 3. The summed E-state index contributed by atoms with van der Waals surface area (Å²) < 4.78 is 7.54. The molecule has 2 aliphatic carbocycles. The number of nitrogens with one attached hydrogen (secondary N) is 1. The number of carbonyl (C=O) groups is 1. The van der Waals surface area contributed by atoms with E-state index in [0.29, 0.717) is 6.61 Å². The standard InChI is InChI=1S/C17H22N4O2/c1-21-9-12(8-19-21)14-13(4-7-23-14)20-15(22)17(11-18)10-16(17)5-2-3-6-16/h8-9,13-14H,2-7,10H2,1H3,(H,20,22)/t13-,14+,17?/m1/s1. The lowest BCUT2D eigenvalue weighted by Gasteiger charge is -2.22. The fourth-order valence-corrected chi connectivity index (χ4v) is 4.59. The first kappa shape index (κ1) is 14.7. The molecule has 1 aromatic heterocycles. The van der Waals surface area contributed by atoms with E-state index in [9.17, 15) is 10.1 Å². The fraction of sp³-hybridized carbons (Fsp3) is 0.706. The van der Waals surface area contributed by atoms with Gasteiger partial charge in [0, 0.05) is 30.8 Å². The van der Waals surface area contributed by atoms with Crippen LogP contribution in [-0.4, -0.2) is 28.3 Å². The summed E-state index contributed by atoms with van der Waals surface area (Å²) in [6.45, 7) is 0.620. The lowest BCUT2D eigenvalue weighted by atomic mass is 9.90. The van der Waals surface area contributed by atoms with Gasteiger partial charge in [0.15, 0.2) is 0 Å². The summed E-state index contributed by atoms with van der Waals surface area (Å²) in [5, 5.41) is 17.0. The minimum Gasteiger partial charge on any atom is -0.371 e. The number of hydrogen-bond donors (Lipinski definition) is 1. The predicted molar refractivity (Wildman–Crippen MR) is 82.0 cm³/mol. The smallest absolute Gasteiger partial charge is 0.241 e. The summed E-state index contributed by atoms with van der Waals surface area (Å²) in [5.41, 5.74) is 0.133. The molecule has 2 heterocycles. The maximum atomic E-state index is 12.8. The quantitative estimate of drug-likeness (QED) is 0.923. The molecule has 2 saturated carbocycles. The van der Waals surface area contributed by atoms with Crippen LogP contribution in [0.15, 0.2) is 12.4 Å². The van der Waals surface area contributed by atoms with E-state index in [2.05, 4.69) is 16.5 Å². The molecule has 0 bridgehead atoms. The number of ether oxygens (including phenoxy) is 1. The Morgan fingerprint density at radius 3 is 2.96 bits per heavy atom. The lowest BCUT2D eigenvalue weighted by molar-refractivity contribution is -0.126. The number of nitrogens with zero attached hydrogens (tertiary/aromatic N) is 3. The van der Waals surface area contributed by atoms with Crippen molar-refractivity contribution in [2.45, 2.75) is 50.7 Å². The minimum atomic E-state index is -0.800. The van der Waals surface area contributed by atoms with Gasteiger partial charge in [0.2, 0.25) is 5.91 Å². The van der Waals surface area contributed by atoms with Crippen molar-refractivity contribution in [2.75, 3.05) is 6.61 Å². The third-order valence-electron chi connectivity index (χ3n) is 5.98. The number of nitriles is 1. The van der Waals surface area contributed by atoms with Crippen LogP contribution in [0, 0.1) is 22.2 Å². The first-order chi connectivity index (χ1) is 11.1. The Morgan fingerprint density at radius 1 is 1.52 bits per heavy atom. The van der Waals surface area contributed by atoms with Crippen LogP contribution in [0.2, 0.25) is 0 Å². The molecular formula is C17H22N4O2. The SMILES string of the molecule is Cn1cc([C@@H]2OCC[C@H]2NC(=O)C2(C#N)CC23CCCC3)cn1. The monoisotopic (exact) mass is 314 g/mol. The van der Waals surface area contributed by atoms with Crippen molar-refractivity contribution in [3.05, 3.63) is 18.0 Å². The number of hydrogen-bond acceptors (Lipinski definition) is 4. The van der Waals surface area contributed by atoms with Gasteiger partial charge in [-0.05, 0) is 25.7 Å². The van der Waals surface area contributed by atoms with E-state index in [1.165, 1.54) is 0 Å². The maximum absolute atomic E-state index is 12.8. The molecule has 1 amide bonds. The predicted octanol–water partition coefficient (Wildman–Crippen LogP) is 1.84. The summed E-state index contributed by atoms with van der Waals surface area (Å²) in [4.78, 5) is 12.8. The van der Waals surface area contributed by atoms with Crippen LogP contribution < -0.4 is 5.32 Å². The number of aryl methyl sites for hydroxylation is 1. The molecule has 23 heavy (non-hydrogen) atoms. The van der Waals surface area contributed by atoms with Gasteiger partial charge in [0.1, 0.15) is 11.5 Å². The van der Waals surface area contributed by atoms with Crippen LogP contribution in [0.4, 0.5) is 0 Å². The molecule has 1 saturated heterocycles. The van der Waals surface area contributed by atoms with Crippen molar-refractivity contribution in [2.24, 2.45) is 17.9 Å². The largest absolute Gasteiger partial charge is 0.371 e. The van der Waals surface area contributed by atoms with E-state index in [4.69, 9.17) is 4.74 Å². The van der Waals surface area contributed by atoms with Crippen molar-refractivity contribution in [1.29, 1.82) is 5.26 Å². The first-order valence-electron chi connectivity index (χ1n) is 8.43. The molecule has 1 N–H and O–H groups in total. The Labute approximate surface area is 135 Å².